The molecule has 0 spiro atoms. The highest BCUT2D eigenvalue weighted by atomic mass is 16.5. The van der Waals surface area contributed by atoms with Gasteiger partial charge in [-0.1, -0.05) is 30.3 Å². The number of nitrogens with one attached hydrogen (secondary N) is 2. The first kappa shape index (κ1) is 20.0. The van der Waals surface area contributed by atoms with Crippen LogP contribution in [0, 0.1) is 0 Å². The first-order valence-corrected chi connectivity index (χ1v) is 10.9. The van der Waals surface area contributed by atoms with Gasteiger partial charge in [0.2, 0.25) is 0 Å². The molecule has 1 aliphatic rings. The Kier molecular flexibility index (Phi) is 4.72. The molecule has 0 saturated heterocycles. The van der Waals surface area contributed by atoms with Crippen LogP contribution in [0.25, 0.3) is 16.9 Å². The molecular weight excluding hydrogens is 430 g/mol. The van der Waals surface area contributed by atoms with Crippen molar-refractivity contribution in [1.29, 1.82) is 0 Å². The molecule has 1 amide bonds. The lowest BCUT2D eigenvalue weighted by Crippen LogP contribution is -2.20. The van der Waals surface area contributed by atoms with Gasteiger partial charge < -0.3 is 15.0 Å². The Labute approximate surface area is 195 Å². The second kappa shape index (κ2) is 8.04. The van der Waals surface area contributed by atoms with Gasteiger partial charge in [-0.2, -0.15) is 10.2 Å². The van der Waals surface area contributed by atoms with Crippen LogP contribution in [0.1, 0.15) is 21.6 Å². The second-order valence-electron chi connectivity index (χ2n) is 8.06. The number of methoxy groups -OCH3 is 1. The number of hydrogen-bond donors (Lipinski definition) is 2. The molecule has 2 N–H and O–H groups in total. The van der Waals surface area contributed by atoms with Crippen LogP contribution in [-0.2, 0) is 13.1 Å². The van der Waals surface area contributed by atoms with E-state index in [1.807, 2.05) is 36.4 Å². The maximum Gasteiger partial charge on any atom is 0.278 e. The Hall–Kier alpha value is -4.66. The fraction of sp³-hybridized carbons (Fsp3) is 0.120. The van der Waals surface area contributed by atoms with E-state index in [9.17, 15) is 4.79 Å². The standard InChI is InChI=1S/C25H21N7O2/c1-34-20-8-4-7-19(11-20)29-25(33)22-23(31-14-16-5-2-3-6-17(16)15-31)24-26-10-9-21(32(24)30-22)18-12-27-28-13-18/h2-13H,14-15H2,1H3,(H,27,28)(H,29,33). The smallest absolute Gasteiger partial charge is 0.278 e. The number of hydrogen-bond acceptors (Lipinski definition) is 6. The quantitative estimate of drug-likeness (QED) is 0.420. The van der Waals surface area contributed by atoms with Gasteiger partial charge in [-0.25, -0.2) is 9.50 Å². The maximum atomic E-state index is 13.5. The fourth-order valence-electron chi connectivity index (χ4n) is 4.37. The first-order valence-electron chi connectivity index (χ1n) is 10.9. The van der Waals surface area contributed by atoms with E-state index >= 15 is 0 Å². The molecule has 6 rings (SSSR count). The summed E-state index contributed by atoms with van der Waals surface area (Å²) in [6.45, 7) is 1.35. The lowest BCUT2D eigenvalue weighted by Gasteiger charge is -2.17. The van der Waals surface area contributed by atoms with E-state index in [2.05, 4.69) is 37.5 Å². The number of rotatable bonds is 5. The van der Waals surface area contributed by atoms with Crippen LogP contribution in [0.2, 0.25) is 0 Å². The summed E-state index contributed by atoms with van der Waals surface area (Å²) in [6, 6.07) is 17.4. The van der Waals surface area contributed by atoms with Gasteiger partial charge in [0.15, 0.2) is 11.3 Å². The van der Waals surface area contributed by atoms with E-state index in [1.54, 1.807) is 36.3 Å². The minimum Gasteiger partial charge on any atom is -0.497 e. The predicted octanol–water partition coefficient (Wildman–Crippen LogP) is 3.90. The topological polar surface area (TPSA) is 100 Å². The second-order valence-corrected chi connectivity index (χ2v) is 8.06. The minimum atomic E-state index is -0.317. The normalized spacial score (nSPS) is 12.7. The highest BCUT2D eigenvalue weighted by Crippen LogP contribution is 2.35. The largest absolute Gasteiger partial charge is 0.497 e. The fourth-order valence-corrected chi connectivity index (χ4v) is 4.37. The van der Waals surface area contributed by atoms with Crippen molar-refractivity contribution in [1.82, 2.24) is 24.8 Å². The molecule has 0 bridgehead atoms. The summed E-state index contributed by atoms with van der Waals surface area (Å²) in [5, 5.41) is 14.6. The van der Waals surface area contributed by atoms with E-state index in [4.69, 9.17) is 9.84 Å². The molecule has 9 heteroatoms. The predicted molar refractivity (Wildman–Crippen MR) is 128 cm³/mol. The molecule has 0 saturated carbocycles. The van der Waals surface area contributed by atoms with Gasteiger partial charge in [0.05, 0.1) is 19.0 Å². The number of H-pyrrole nitrogens is 1. The summed E-state index contributed by atoms with van der Waals surface area (Å²) in [5.41, 5.74) is 6.34. The van der Waals surface area contributed by atoms with Crippen molar-refractivity contribution in [3.05, 3.63) is 90.0 Å². The van der Waals surface area contributed by atoms with Crippen LogP contribution in [0.3, 0.4) is 0 Å². The molecule has 168 valence electrons. The van der Waals surface area contributed by atoms with Crippen molar-refractivity contribution < 1.29 is 9.53 Å². The molecule has 0 unspecified atom stereocenters. The van der Waals surface area contributed by atoms with Crippen molar-refractivity contribution in [2.45, 2.75) is 13.1 Å². The van der Waals surface area contributed by atoms with Crippen LogP contribution in [0.4, 0.5) is 11.4 Å². The summed E-state index contributed by atoms with van der Waals surface area (Å²) >= 11 is 0. The summed E-state index contributed by atoms with van der Waals surface area (Å²) in [7, 11) is 1.59. The zero-order chi connectivity index (χ0) is 23.1. The van der Waals surface area contributed by atoms with Gasteiger partial charge in [-0.15, -0.1) is 0 Å². The Balaban J connectivity index is 1.48. The Bertz CT molecular complexity index is 1480. The van der Waals surface area contributed by atoms with Crippen LogP contribution < -0.4 is 15.0 Å². The average Bonchev–Trinajstić information content (AvgIpc) is 3.61. The third-order valence-electron chi connectivity index (χ3n) is 5.99. The molecule has 1 aliphatic heterocycles. The Morgan fingerprint density at radius 2 is 1.91 bits per heavy atom. The lowest BCUT2D eigenvalue weighted by molar-refractivity contribution is 0.102. The zero-order valence-corrected chi connectivity index (χ0v) is 18.4. The summed E-state index contributed by atoms with van der Waals surface area (Å²) in [4.78, 5) is 20.3. The van der Waals surface area contributed by atoms with E-state index in [0.717, 1.165) is 11.3 Å². The Morgan fingerprint density at radius 3 is 2.65 bits per heavy atom. The van der Waals surface area contributed by atoms with Gasteiger partial charge in [0, 0.05) is 42.8 Å². The summed E-state index contributed by atoms with van der Waals surface area (Å²) in [6.07, 6.45) is 5.24. The molecule has 4 heterocycles. The van der Waals surface area contributed by atoms with E-state index in [0.29, 0.717) is 41.6 Å². The average molecular weight is 451 g/mol. The number of benzene rings is 2. The molecule has 0 atom stereocenters. The number of ether oxygens (including phenoxy) is 1. The van der Waals surface area contributed by atoms with Crippen molar-refractivity contribution >= 4 is 22.9 Å². The maximum absolute atomic E-state index is 13.5. The molecule has 9 nitrogen and oxygen atoms in total. The highest BCUT2D eigenvalue weighted by molar-refractivity contribution is 6.09. The molecule has 2 aromatic carbocycles. The number of aromatic nitrogens is 5. The van der Waals surface area contributed by atoms with Crippen molar-refractivity contribution in [2.24, 2.45) is 0 Å². The first-order chi connectivity index (χ1) is 16.7. The number of amides is 1. The summed E-state index contributed by atoms with van der Waals surface area (Å²) in [5.74, 6) is 0.342. The van der Waals surface area contributed by atoms with Gasteiger partial charge in [0.1, 0.15) is 11.4 Å². The van der Waals surface area contributed by atoms with Gasteiger partial charge in [-0.3, -0.25) is 9.89 Å². The molecule has 34 heavy (non-hydrogen) atoms. The van der Waals surface area contributed by atoms with Crippen molar-refractivity contribution in [3.63, 3.8) is 0 Å². The SMILES string of the molecule is COc1cccc(NC(=O)c2nn3c(-c4cn[nH]c4)ccnc3c2N2Cc3ccccc3C2)c1. The van der Waals surface area contributed by atoms with Gasteiger partial charge in [0.25, 0.3) is 5.91 Å². The lowest BCUT2D eigenvalue weighted by atomic mass is 10.1. The van der Waals surface area contributed by atoms with Crippen molar-refractivity contribution in [2.75, 3.05) is 17.3 Å². The number of carbonyl (C=O) groups is 1. The van der Waals surface area contributed by atoms with Crippen LogP contribution in [-0.4, -0.2) is 37.8 Å². The van der Waals surface area contributed by atoms with E-state index in [1.165, 1.54) is 11.1 Å². The molecule has 5 aromatic rings. The van der Waals surface area contributed by atoms with E-state index < -0.39 is 0 Å². The number of fused-ring (bicyclic) bond motifs is 2. The zero-order valence-electron chi connectivity index (χ0n) is 18.4. The van der Waals surface area contributed by atoms with Crippen LogP contribution >= 0.6 is 0 Å². The Morgan fingerprint density at radius 1 is 1.09 bits per heavy atom. The molecule has 3 aromatic heterocycles. The number of carbonyl (C=O) groups excluding carboxylic acids is 1. The van der Waals surface area contributed by atoms with Crippen molar-refractivity contribution in [3.8, 4) is 17.0 Å². The van der Waals surface area contributed by atoms with Gasteiger partial charge >= 0.3 is 0 Å². The highest BCUT2D eigenvalue weighted by Gasteiger charge is 2.30. The summed E-state index contributed by atoms with van der Waals surface area (Å²) < 4.78 is 7.00. The third kappa shape index (κ3) is 3.34. The van der Waals surface area contributed by atoms with Crippen LogP contribution in [0.15, 0.2) is 73.2 Å². The number of nitrogens with zero attached hydrogens (tertiary/aromatic N) is 5. The van der Waals surface area contributed by atoms with Gasteiger partial charge in [-0.05, 0) is 29.3 Å². The minimum absolute atomic E-state index is 0.305. The molecular formula is C25H21N7O2. The number of anilines is 2. The molecule has 0 radical (unpaired) electrons. The van der Waals surface area contributed by atoms with Crippen LogP contribution in [0.5, 0.6) is 5.75 Å². The third-order valence-corrected chi connectivity index (χ3v) is 5.99. The molecule has 0 fully saturated rings. The van der Waals surface area contributed by atoms with E-state index in [-0.39, 0.29) is 5.91 Å². The number of aromatic amines is 1. The molecule has 0 aliphatic carbocycles. The monoisotopic (exact) mass is 451 g/mol.